The van der Waals surface area contributed by atoms with Crippen molar-refractivity contribution in [2.24, 2.45) is 0 Å². The molecule has 0 unspecified atom stereocenters. The molecule has 4 atom stereocenters. The Kier molecular flexibility index (Phi) is 7.80. The third-order valence-corrected chi connectivity index (χ3v) is 5.27. The molecule has 0 N–H and O–H groups in total. The van der Waals surface area contributed by atoms with Gasteiger partial charge in [-0.1, -0.05) is 6.07 Å². The molecule has 0 radical (unpaired) electrons. The summed E-state index contributed by atoms with van der Waals surface area (Å²) in [6, 6.07) is 2.87. The van der Waals surface area contributed by atoms with Crippen LogP contribution in [0.3, 0.4) is 0 Å². The second kappa shape index (κ2) is 10.6. The summed E-state index contributed by atoms with van der Waals surface area (Å²) in [6.07, 6.45) is -2.01. The number of hydrogen-bond donors (Lipinski definition) is 0. The number of hydrogen-bond acceptors (Lipinski definition) is 11. The lowest BCUT2D eigenvalue weighted by atomic mass is 9.87. The van der Waals surface area contributed by atoms with E-state index < -0.39 is 59.9 Å². The third kappa shape index (κ3) is 5.99. The summed E-state index contributed by atoms with van der Waals surface area (Å²) in [4.78, 5) is 71.8. The molecular formula is C24H24O11. The smallest absolute Gasteiger partial charge is 0.308 e. The average Bonchev–Trinajstić information content (AvgIpc) is 2.75. The van der Waals surface area contributed by atoms with Crippen molar-refractivity contribution in [1.29, 1.82) is 0 Å². The molecule has 0 aromatic heterocycles. The minimum Gasteiger partial charge on any atom is -0.463 e. The predicted molar refractivity (Wildman–Crippen MR) is 116 cm³/mol. The van der Waals surface area contributed by atoms with Crippen molar-refractivity contribution < 1.29 is 52.5 Å². The number of carbonyl (C=O) groups excluding carboxylic acids is 6. The van der Waals surface area contributed by atoms with Crippen LogP contribution in [0.25, 0.3) is 0 Å². The fraction of sp³-hybridized carbons (Fsp3) is 0.417. The molecule has 1 aliphatic carbocycles. The second-order valence-corrected chi connectivity index (χ2v) is 7.99. The molecule has 1 aliphatic heterocycles. The Bertz CT molecular complexity index is 1120. The molecule has 1 heterocycles. The lowest BCUT2D eigenvalue weighted by Gasteiger charge is -2.40. The minimum absolute atomic E-state index is 0.0547. The molecule has 1 aromatic carbocycles. The summed E-state index contributed by atoms with van der Waals surface area (Å²) >= 11 is 0. The summed E-state index contributed by atoms with van der Waals surface area (Å²) in [5.74, 6) is -3.84. The summed E-state index contributed by atoms with van der Waals surface area (Å²) < 4.78 is 27.2. The Labute approximate surface area is 200 Å². The number of esters is 4. The molecule has 11 heteroatoms. The van der Waals surface area contributed by atoms with E-state index in [0.717, 1.165) is 26.0 Å². The van der Waals surface area contributed by atoms with E-state index in [0.29, 0.717) is 0 Å². The number of benzene rings is 1. The van der Waals surface area contributed by atoms with E-state index in [2.05, 4.69) is 0 Å². The largest absolute Gasteiger partial charge is 0.463 e. The van der Waals surface area contributed by atoms with Crippen molar-refractivity contribution in [2.45, 2.75) is 58.5 Å². The first kappa shape index (κ1) is 25.8. The van der Waals surface area contributed by atoms with Crippen LogP contribution in [0.15, 0.2) is 24.3 Å². The number of carbonyl (C=O) groups is 6. The standard InChI is InChI=1S/C24H24O11/c1-11(25)31-10-21-24(34-14(4)28)20(32-12(2)26)9-19(35-21)16-6-5-15-17(29)7-8-18(30)22(15)23(16)33-13(3)27/h5-8,19-21,24H,9-10H2,1-4H3/t19-,20+,21-,24+/m1/s1. The zero-order valence-corrected chi connectivity index (χ0v) is 19.5. The number of fused-ring (bicyclic) bond motifs is 1. The monoisotopic (exact) mass is 488 g/mol. The zero-order valence-electron chi connectivity index (χ0n) is 19.5. The van der Waals surface area contributed by atoms with E-state index in [1.807, 2.05) is 0 Å². The first-order chi connectivity index (χ1) is 16.5. The van der Waals surface area contributed by atoms with Gasteiger partial charge in [0.05, 0.1) is 11.7 Å². The predicted octanol–water partition coefficient (Wildman–Crippen LogP) is 1.80. The van der Waals surface area contributed by atoms with Gasteiger partial charge in [-0.25, -0.2) is 0 Å². The van der Waals surface area contributed by atoms with E-state index in [-0.39, 0.29) is 35.5 Å². The van der Waals surface area contributed by atoms with Gasteiger partial charge < -0.3 is 23.7 Å². The van der Waals surface area contributed by atoms with E-state index in [9.17, 15) is 28.8 Å². The molecule has 186 valence electrons. The lowest BCUT2D eigenvalue weighted by Crippen LogP contribution is -2.51. The van der Waals surface area contributed by atoms with E-state index in [4.69, 9.17) is 23.7 Å². The van der Waals surface area contributed by atoms with Gasteiger partial charge in [0, 0.05) is 45.2 Å². The molecule has 2 aliphatic rings. The molecule has 0 bridgehead atoms. The normalized spacial score (nSPS) is 23.2. The molecule has 1 fully saturated rings. The Morgan fingerprint density at radius 1 is 0.886 bits per heavy atom. The van der Waals surface area contributed by atoms with Crippen LogP contribution in [0.2, 0.25) is 0 Å². The SMILES string of the molecule is CC(=O)OC[C@H]1O[C@@H](c2ccc3c(c2OC(C)=O)C(=O)C=CC3=O)C[C@H](OC(C)=O)[C@@H]1OC(C)=O. The fourth-order valence-corrected chi connectivity index (χ4v) is 4.01. The topological polar surface area (TPSA) is 149 Å². The quantitative estimate of drug-likeness (QED) is 0.328. The first-order valence-electron chi connectivity index (χ1n) is 10.7. The van der Waals surface area contributed by atoms with Crippen LogP contribution in [0.4, 0.5) is 0 Å². The van der Waals surface area contributed by atoms with Crippen LogP contribution in [0, 0.1) is 0 Å². The van der Waals surface area contributed by atoms with Gasteiger partial charge >= 0.3 is 23.9 Å². The van der Waals surface area contributed by atoms with Crippen LogP contribution in [-0.2, 0) is 38.1 Å². The van der Waals surface area contributed by atoms with Crippen molar-refractivity contribution in [3.05, 3.63) is 41.0 Å². The molecule has 1 aromatic rings. The van der Waals surface area contributed by atoms with Crippen LogP contribution in [0.1, 0.15) is 66.5 Å². The molecule has 35 heavy (non-hydrogen) atoms. The van der Waals surface area contributed by atoms with Gasteiger partial charge in [0.15, 0.2) is 17.7 Å². The van der Waals surface area contributed by atoms with Crippen LogP contribution < -0.4 is 4.74 Å². The molecule has 0 amide bonds. The lowest BCUT2D eigenvalue weighted by molar-refractivity contribution is -0.216. The highest BCUT2D eigenvalue weighted by molar-refractivity contribution is 6.23. The number of rotatable bonds is 6. The van der Waals surface area contributed by atoms with E-state index >= 15 is 0 Å². The van der Waals surface area contributed by atoms with Crippen LogP contribution in [0.5, 0.6) is 5.75 Å². The highest BCUT2D eigenvalue weighted by atomic mass is 16.6. The second-order valence-electron chi connectivity index (χ2n) is 7.99. The van der Waals surface area contributed by atoms with Gasteiger partial charge in [0.2, 0.25) is 0 Å². The van der Waals surface area contributed by atoms with Gasteiger partial charge in [-0.05, 0) is 18.2 Å². The number of allylic oxidation sites excluding steroid dienone is 2. The summed E-state index contributed by atoms with van der Waals surface area (Å²) in [6.45, 7) is 4.32. The van der Waals surface area contributed by atoms with Gasteiger partial charge in [-0.15, -0.1) is 0 Å². The van der Waals surface area contributed by atoms with E-state index in [1.165, 1.54) is 26.0 Å². The van der Waals surface area contributed by atoms with E-state index in [1.54, 1.807) is 0 Å². The third-order valence-electron chi connectivity index (χ3n) is 5.27. The molecule has 0 saturated carbocycles. The van der Waals surface area contributed by atoms with Crippen LogP contribution in [-0.4, -0.2) is 60.4 Å². The van der Waals surface area contributed by atoms with Gasteiger partial charge in [-0.2, -0.15) is 0 Å². The molecule has 1 saturated heterocycles. The van der Waals surface area contributed by atoms with Crippen molar-refractivity contribution in [2.75, 3.05) is 6.61 Å². The highest BCUT2D eigenvalue weighted by Crippen LogP contribution is 2.42. The highest BCUT2D eigenvalue weighted by Gasteiger charge is 2.45. The van der Waals surface area contributed by atoms with Gasteiger partial charge in [0.1, 0.15) is 24.6 Å². The fourth-order valence-electron chi connectivity index (χ4n) is 4.01. The molecular weight excluding hydrogens is 464 g/mol. The maximum atomic E-state index is 12.6. The van der Waals surface area contributed by atoms with Crippen molar-refractivity contribution in [3.8, 4) is 5.75 Å². The van der Waals surface area contributed by atoms with Crippen LogP contribution >= 0.6 is 0 Å². The Morgan fingerprint density at radius 3 is 2.14 bits per heavy atom. The molecule has 11 nitrogen and oxygen atoms in total. The average molecular weight is 488 g/mol. The van der Waals surface area contributed by atoms with Gasteiger partial charge in [0.25, 0.3) is 0 Å². The minimum atomic E-state index is -1.10. The Hall–Kier alpha value is -3.86. The summed E-state index contributed by atoms with van der Waals surface area (Å²) in [7, 11) is 0. The Morgan fingerprint density at radius 2 is 1.54 bits per heavy atom. The van der Waals surface area contributed by atoms with Crippen molar-refractivity contribution in [1.82, 2.24) is 0 Å². The number of ketones is 2. The maximum absolute atomic E-state index is 12.6. The summed E-state index contributed by atoms with van der Waals surface area (Å²) in [5.41, 5.74) is 0.178. The molecule has 3 rings (SSSR count). The zero-order chi connectivity index (χ0) is 25.9. The molecule has 0 spiro atoms. The number of ether oxygens (including phenoxy) is 5. The van der Waals surface area contributed by atoms with Crippen molar-refractivity contribution in [3.63, 3.8) is 0 Å². The first-order valence-corrected chi connectivity index (χ1v) is 10.7. The van der Waals surface area contributed by atoms with Gasteiger partial charge in [-0.3, -0.25) is 28.8 Å². The Balaban J connectivity index is 2.09. The van der Waals surface area contributed by atoms with Crippen molar-refractivity contribution >= 4 is 35.4 Å². The maximum Gasteiger partial charge on any atom is 0.308 e. The summed E-state index contributed by atoms with van der Waals surface area (Å²) in [5, 5.41) is 0.